The summed E-state index contributed by atoms with van der Waals surface area (Å²) in [6, 6.07) is 0. The first kappa shape index (κ1) is 9.56. The van der Waals surface area contributed by atoms with Gasteiger partial charge in [0.25, 0.3) is 0 Å². The van der Waals surface area contributed by atoms with E-state index >= 15 is 0 Å². The van der Waals surface area contributed by atoms with Gasteiger partial charge in [0.05, 0.1) is 0 Å². The van der Waals surface area contributed by atoms with Crippen LogP contribution in [0.3, 0.4) is 0 Å². The first-order valence-corrected chi connectivity index (χ1v) is 4.80. The van der Waals surface area contributed by atoms with E-state index in [4.69, 9.17) is 4.74 Å². The van der Waals surface area contributed by atoms with Gasteiger partial charge < -0.3 is 4.74 Å². The molecule has 2 nitrogen and oxygen atoms in total. The molecule has 0 amide bonds. The van der Waals surface area contributed by atoms with Gasteiger partial charge in [0.15, 0.2) is 0 Å². The molecule has 0 aromatic heterocycles. The molecule has 0 bridgehead atoms. The second-order valence-corrected chi connectivity index (χ2v) is 3.89. The molecule has 3 atom stereocenters. The van der Waals surface area contributed by atoms with Crippen LogP contribution in [0.1, 0.15) is 40.0 Å². The quantitative estimate of drug-likeness (QED) is 0.595. The van der Waals surface area contributed by atoms with Crippen molar-refractivity contribution in [1.82, 2.24) is 0 Å². The van der Waals surface area contributed by atoms with Gasteiger partial charge in [-0.3, -0.25) is 4.79 Å². The standard InChI is InChI=1S/C10H18O2/c1-4-9-5-7(2)6-10(9)12-8(3)11/h7,9-10H,4-6H2,1-3H3. The number of ether oxygens (including phenoxy) is 1. The third kappa shape index (κ3) is 2.23. The molecule has 1 rings (SSSR count). The van der Waals surface area contributed by atoms with E-state index in [1.807, 2.05) is 0 Å². The smallest absolute Gasteiger partial charge is 0.302 e. The topological polar surface area (TPSA) is 26.3 Å². The zero-order chi connectivity index (χ0) is 9.14. The maximum atomic E-state index is 10.7. The summed E-state index contributed by atoms with van der Waals surface area (Å²) in [5, 5.41) is 0. The predicted molar refractivity (Wildman–Crippen MR) is 47.7 cm³/mol. The minimum absolute atomic E-state index is 0.132. The van der Waals surface area contributed by atoms with Crippen molar-refractivity contribution in [3.05, 3.63) is 0 Å². The Balaban J connectivity index is 2.46. The van der Waals surface area contributed by atoms with Gasteiger partial charge in [0, 0.05) is 6.92 Å². The summed E-state index contributed by atoms with van der Waals surface area (Å²) >= 11 is 0. The van der Waals surface area contributed by atoms with Crippen molar-refractivity contribution in [2.24, 2.45) is 11.8 Å². The van der Waals surface area contributed by atoms with Crippen molar-refractivity contribution in [1.29, 1.82) is 0 Å². The Morgan fingerprint density at radius 3 is 2.67 bits per heavy atom. The van der Waals surface area contributed by atoms with E-state index in [-0.39, 0.29) is 12.1 Å². The van der Waals surface area contributed by atoms with Crippen LogP contribution in [0.15, 0.2) is 0 Å². The van der Waals surface area contributed by atoms with E-state index in [0.29, 0.717) is 5.92 Å². The first-order valence-electron chi connectivity index (χ1n) is 4.80. The lowest BCUT2D eigenvalue weighted by molar-refractivity contribution is -0.148. The first-order chi connectivity index (χ1) is 5.63. The number of hydrogen-bond acceptors (Lipinski definition) is 2. The van der Waals surface area contributed by atoms with Crippen molar-refractivity contribution in [3.8, 4) is 0 Å². The Morgan fingerprint density at radius 2 is 2.17 bits per heavy atom. The largest absolute Gasteiger partial charge is 0.462 e. The number of rotatable bonds is 2. The lowest BCUT2D eigenvalue weighted by Crippen LogP contribution is -2.20. The average Bonchev–Trinajstić information content (AvgIpc) is 2.29. The highest BCUT2D eigenvalue weighted by Gasteiger charge is 2.32. The van der Waals surface area contributed by atoms with Crippen LogP contribution in [0.5, 0.6) is 0 Å². The monoisotopic (exact) mass is 170 g/mol. The molecule has 0 aromatic rings. The van der Waals surface area contributed by atoms with Gasteiger partial charge in [-0.05, 0) is 31.1 Å². The van der Waals surface area contributed by atoms with Gasteiger partial charge in [0.1, 0.15) is 6.10 Å². The Bertz CT molecular complexity index is 165. The van der Waals surface area contributed by atoms with Crippen LogP contribution in [-0.2, 0) is 9.53 Å². The van der Waals surface area contributed by atoms with Crippen molar-refractivity contribution >= 4 is 5.97 Å². The van der Waals surface area contributed by atoms with Gasteiger partial charge in [0.2, 0.25) is 0 Å². The summed E-state index contributed by atoms with van der Waals surface area (Å²) in [5.41, 5.74) is 0. The van der Waals surface area contributed by atoms with E-state index in [9.17, 15) is 4.79 Å². The molecule has 0 saturated heterocycles. The Morgan fingerprint density at radius 1 is 1.50 bits per heavy atom. The van der Waals surface area contributed by atoms with Crippen LogP contribution in [0, 0.1) is 11.8 Å². The summed E-state index contributed by atoms with van der Waals surface area (Å²) in [4.78, 5) is 10.7. The van der Waals surface area contributed by atoms with Crippen LogP contribution in [0.4, 0.5) is 0 Å². The van der Waals surface area contributed by atoms with E-state index in [2.05, 4.69) is 13.8 Å². The molecule has 0 spiro atoms. The number of hydrogen-bond donors (Lipinski definition) is 0. The molecule has 0 heterocycles. The molecule has 2 heteroatoms. The van der Waals surface area contributed by atoms with Crippen LogP contribution in [-0.4, -0.2) is 12.1 Å². The Hall–Kier alpha value is -0.530. The summed E-state index contributed by atoms with van der Waals surface area (Å²) in [5.74, 6) is 1.19. The molecule has 1 fully saturated rings. The molecule has 0 aliphatic heterocycles. The minimum atomic E-state index is -0.132. The van der Waals surface area contributed by atoms with Crippen molar-refractivity contribution in [3.63, 3.8) is 0 Å². The number of esters is 1. The molecule has 3 unspecified atom stereocenters. The third-order valence-electron chi connectivity index (χ3n) is 2.71. The zero-order valence-corrected chi connectivity index (χ0v) is 8.17. The Labute approximate surface area is 74.3 Å². The van der Waals surface area contributed by atoms with Gasteiger partial charge in [-0.25, -0.2) is 0 Å². The van der Waals surface area contributed by atoms with Crippen LogP contribution < -0.4 is 0 Å². The second kappa shape index (κ2) is 3.92. The highest BCUT2D eigenvalue weighted by atomic mass is 16.5. The minimum Gasteiger partial charge on any atom is -0.462 e. The van der Waals surface area contributed by atoms with E-state index in [1.54, 1.807) is 0 Å². The lowest BCUT2D eigenvalue weighted by atomic mass is 10.0. The lowest BCUT2D eigenvalue weighted by Gasteiger charge is -2.17. The molecule has 0 N–H and O–H groups in total. The fourth-order valence-electron chi connectivity index (χ4n) is 2.14. The van der Waals surface area contributed by atoms with Crippen molar-refractivity contribution in [2.45, 2.75) is 46.1 Å². The normalized spacial score (nSPS) is 35.1. The fraction of sp³-hybridized carbons (Fsp3) is 0.900. The highest BCUT2D eigenvalue weighted by Crippen LogP contribution is 2.34. The molecule has 1 aliphatic carbocycles. The van der Waals surface area contributed by atoms with E-state index in [0.717, 1.165) is 18.8 Å². The average molecular weight is 170 g/mol. The van der Waals surface area contributed by atoms with Gasteiger partial charge in [-0.1, -0.05) is 13.8 Å². The molecular weight excluding hydrogens is 152 g/mol. The fourth-order valence-corrected chi connectivity index (χ4v) is 2.14. The van der Waals surface area contributed by atoms with Crippen LogP contribution in [0.2, 0.25) is 0 Å². The maximum Gasteiger partial charge on any atom is 0.302 e. The Kier molecular flexibility index (Phi) is 3.12. The van der Waals surface area contributed by atoms with Gasteiger partial charge >= 0.3 is 5.97 Å². The molecule has 1 saturated carbocycles. The summed E-state index contributed by atoms with van der Waals surface area (Å²) < 4.78 is 5.25. The van der Waals surface area contributed by atoms with Crippen molar-refractivity contribution < 1.29 is 9.53 Å². The summed E-state index contributed by atoms with van der Waals surface area (Å²) in [6.07, 6.45) is 3.59. The van der Waals surface area contributed by atoms with Crippen LogP contribution in [0.25, 0.3) is 0 Å². The molecule has 0 radical (unpaired) electrons. The van der Waals surface area contributed by atoms with Gasteiger partial charge in [-0.2, -0.15) is 0 Å². The molecule has 0 aromatic carbocycles. The highest BCUT2D eigenvalue weighted by molar-refractivity contribution is 5.66. The number of carbonyl (C=O) groups is 1. The molecular formula is C10H18O2. The third-order valence-corrected chi connectivity index (χ3v) is 2.71. The van der Waals surface area contributed by atoms with Crippen molar-refractivity contribution in [2.75, 3.05) is 0 Å². The molecule has 70 valence electrons. The SMILES string of the molecule is CCC1CC(C)CC1OC(C)=O. The van der Waals surface area contributed by atoms with E-state index < -0.39 is 0 Å². The molecule has 1 aliphatic rings. The second-order valence-electron chi connectivity index (χ2n) is 3.89. The predicted octanol–water partition coefficient (Wildman–Crippen LogP) is 2.37. The molecule has 12 heavy (non-hydrogen) atoms. The number of carbonyl (C=O) groups excluding carboxylic acids is 1. The van der Waals surface area contributed by atoms with Gasteiger partial charge in [-0.15, -0.1) is 0 Å². The summed E-state index contributed by atoms with van der Waals surface area (Å²) in [7, 11) is 0. The van der Waals surface area contributed by atoms with Crippen LogP contribution >= 0.6 is 0 Å². The van der Waals surface area contributed by atoms with E-state index in [1.165, 1.54) is 13.3 Å². The summed E-state index contributed by atoms with van der Waals surface area (Å²) in [6.45, 7) is 5.89. The zero-order valence-electron chi connectivity index (χ0n) is 8.17. The maximum absolute atomic E-state index is 10.7.